The molecule has 5 nitrogen and oxygen atoms in total. The number of nitrogens with zero attached hydrogens (tertiary/aromatic N) is 2. The predicted octanol–water partition coefficient (Wildman–Crippen LogP) is 1.19. The highest BCUT2D eigenvalue weighted by atomic mass is 16.5. The lowest BCUT2D eigenvalue weighted by molar-refractivity contribution is -0.151. The standard InChI is InChI=1S/C15H24N2O3/c1-3-9-17-13(18)6-4-7-15(17)8-5-10-16(12-15)14(19)11-20-2/h3H,1,4-12H2,2H3. The lowest BCUT2D eigenvalue weighted by Crippen LogP contribution is -2.63. The Morgan fingerprint density at radius 1 is 1.45 bits per heavy atom. The minimum Gasteiger partial charge on any atom is -0.375 e. The van der Waals surface area contributed by atoms with Crippen LogP contribution in [0.15, 0.2) is 12.7 Å². The van der Waals surface area contributed by atoms with Crippen LogP contribution in [-0.4, -0.2) is 60.5 Å². The normalized spacial score (nSPS) is 26.9. The van der Waals surface area contributed by atoms with Crippen LogP contribution in [0.2, 0.25) is 0 Å². The first-order chi connectivity index (χ1) is 9.63. The van der Waals surface area contributed by atoms with Gasteiger partial charge in [0, 0.05) is 33.2 Å². The molecule has 1 atom stereocenters. The van der Waals surface area contributed by atoms with E-state index in [-0.39, 0.29) is 24.0 Å². The van der Waals surface area contributed by atoms with Crippen molar-refractivity contribution in [3.05, 3.63) is 12.7 Å². The molecule has 0 aromatic heterocycles. The fraction of sp³-hybridized carbons (Fsp3) is 0.733. The molecule has 1 spiro atoms. The van der Waals surface area contributed by atoms with E-state index < -0.39 is 0 Å². The zero-order valence-corrected chi connectivity index (χ0v) is 12.3. The number of carbonyl (C=O) groups is 2. The number of hydrogen-bond donors (Lipinski definition) is 0. The molecule has 0 radical (unpaired) electrons. The van der Waals surface area contributed by atoms with Crippen LogP contribution in [0.3, 0.4) is 0 Å². The average molecular weight is 280 g/mol. The molecule has 1 unspecified atom stereocenters. The van der Waals surface area contributed by atoms with Crippen LogP contribution in [0, 0.1) is 0 Å². The maximum atomic E-state index is 12.2. The minimum absolute atomic E-state index is 0.0168. The third-order valence-corrected chi connectivity index (χ3v) is 4.39. The van der Waals surface area contributed by atoms with Crippen LogP contribution in [0.1, 0.15) is 32.1 Å². The van der Waals surface area contributed by atoms with Crippen molar-refractivity contribution in [2.24, 2.45) is 0 Å². The third-order valence-electron chi connectivity index (χ3n) is 4.39. The molecule has 0 saturated carbocycles. The van der Waals surface area contributed by atoms with Crippen LogP contribution in [0.25, 0.3) is 0 Å². The molecule has 112 valence electrons. The summed E-state index contributed by atoms with van der Waals surface area (Å²) in [6.07, 6.45) is 6.20. The molecule has 2 aliphatic heterocycles. The van der Waals surface area contributed by atoms with Gasteiger partial charge in [0.25, 0.3) is 0 Å². The Morgan fingerprint density at radius 2 is 2.20 bits per heavy atom. The van der Waals surface area contributed by atoms with Crippen LogP contribution in [0.5, 0.6) is 0 Å². The molecule has 0 aromatic carbocycles. The van der Waals surface area contributed by atoms with Crippen molar-refractivity contribution in [3.8, 4) is 0 Å². The monoisotopic (exact) mass is 280 g/mol. The van der Waals surface area contributed by atoms with Gasteiger partial charge >= 0.3 is 0 Å². The van der Waals surface area contributed by atoms with Crippen molar-refractivity contribution in [3.63, 3.8) is 0 Å². The molecule has 2 fully saturated rings. The highest BCUT2D eigenvalue weighted by molar-refractivity contribution is 5.80. The summed E-state index contributed by atoms with van der Waals surface area (Å²) in [5, 5.41) is 0. The van der Waals surface area contributed by atoms with E-state index in [1.807, 2.05) is 9.80 Å². The van der Waals surface area contributed by atoms with E-state index in [1.54, 1.807) is 6.08 Å². The van der Waals surface area contributed by atoms with E-state index in [0.29, 0.717) is 19.5 Å². The summed E-state index contributed by atoms with van der Waals surface area (Å²) in [5.41, 5.74) is -0.189. The van der Waals surface area contributed by atoms with Gasteiger partial charge in [0.1, 0.15) is 6.61 Å². The Bertz CT molecular complexity index is 393. The van der Waals surface area contributed by atoms with Crippen molar-refractivity contribution in [2.75, 3.05) is 33.4 Å². The van der Waals surface area contributed by atoms with E-state index in [4.69, 9.17) is 4.74 Å². The molecule has 2 amide bonds. The van der Waals surface area contributed by atoms with E-state index in [0.717, 1.165) is 32.2 Å². The largest absolute Gasteiger partial charge is 0.375 e. The summed E-state index contributed by atoms with van der Waals surface area (Å²) < 4.78 is 4.94. The topological polar surface area (TPSA) is 49.9 Å². The van der Waals surface area contributed by atoms with Crippen LogP contribution < -0.4 is 0 Å². The fourth-order valence-corrected chi connectivity index (χ4v) is 3.49. The number of carbonyl (C=O) groups excluding carboxylic acids is 2. The molecular weight excluding hydrogens is 256 g/mol. The predicted molar refractivity (Wildman–Crippen MR) is 76.2 cm³/mol. The average Bonchev–Trinajstić information content (AvgIpc) is 2.44. The van der Waals surface area contributed by atoms with E-state index in [9.17, 15) is 9.59 Å². The molecular formula is C15H24N2O3. The zero-order valence-electron chi connectivity index (χ0n) is 12.3. The van der Waals surface area contributed by atoms with Gasteiger partial charge in [-0.25, -0.2) is 0 Å². The summed E-state index contributed by atoms with van der Waals surface area (Å²) >= 11 is 0. The number of piperidine rings is 2. The van der Waals surface area contributed by atoms with Crippen molar-refractivity contribution in [1.82, 2.24) is 9.80 Å². The Balaban J connectivity index is 2.16. The van der Waals surface area contributed by atoms with Gasteiger partial charge in [-0.3, -0.25) is 9.59 Å². The highest BCUT2D eigenvalue weighted by Gasteiger charge is 2.45. The molecule has 2 rings (SSSR count). The molecule has 2 saturated heterocycles. The van der Waals surface area contributed by atoms with Crippen molar-refractivity contribution >= 4 is 11.8 Å². The van der Waals surface area contributed by atoms with Crippen molar-refractivity contribution in [1.29, 1.82) is 0 Å². The van der Waals surface area contributed by atoms with Gasteiger partial charge < -0.3 is 14.5 Å². The lowest BCUT2D eigenvalue weighted by Gasteiger charge is -2.51. The number of amides is 2. The first-order valence-electron chi connectivity index (χ1n) is 7.31. The summed E-state index contributed by atoms with van der Waals surface area (Å²) in [4.78, 5) is 28.0. The number of likely N-dealkylation sites (tertiary alicyclic amines) is 2. The summed E-state index contributed by atoms with van der Waals surface area (Å²) in [6.45, 7) is 5.85. The summed E-state index contributed by atoms with van der Waals surface area (Å²) in [7, 11) is 1.53. The molecule has 5 heteroatoms. The lowest BCUT2D eigenvalue weighted by atomic mass is 9.79. The van der Waals surface area contributed by atoms with Gasteiger partial charge in [0.05, 0.1) is 5.54 Å². The Labute approximate surface area is 120 Å². The maximum absolute atomic E-state index is 12.2. The van der Waals surface area contributed by atoms with Crippen LogP contribution in [0.4, 0.5) is 0 Å². The van der Waals surface area contributed by atoms with E-state index >= 15 is 0 Å². The van der Waals surface area contributed by atoms with Crippen molar-refractivity contribution < 1.29 is 14.3 Å². The third kappa shape index (κ3) is 2.87. The Hall–Kier alpha value is -1.36. The molecule has 0 N–H and O–H groups in total. The summed E-state index contributed by atoms with van der Waals surface area (Å²) in [5.74, 6) is 0.209. The number of methoxy groups -OCH3 is 1. The minimum atomic E-state index is -0.189. The molecule has 0 aliphatic carbocycles. The smallest absolute Gasteiger partial charge is 0.248 e. The van der Waals surface area contributed by atoms with Crippen LogP contribution >= 0.6 is 0 Å². The summed E-state index contributed by atoms with van der Waals surface area (Å²) in [6, 6.07) is 0. The molecule has 0 bridgehead atoms. The first kappa shape index (κ1) is 15.0. The molecule has 20 heavy (non-hydrogen) atoms. The Kier molecular flexibility index (Phi) is 4.81. The second-order valence-electron chi connectivity index (χ2n) is 5.72. The maximum Gasteiger partial charge on any atom is 0.248 e. The second kappa shape index (κ2) is 6.39. The second-order valence-corrected chi connectivity index (χ2v) is 5.72. The van der Waals surface area contributed by atoms with Gasteiger partial charge in [-0.05, 0) is 25.7 Å². The first-order valence-corrected chi connectivity index (χ1v) is 7.31. The van der Waals surface area contributed by atoms with Crippen LogP contribution in [-0.2, 0) is 14.3 Å². The quantitative estimate of drug-likeness (QED) is 0.727. The molecule has 2 aliphatic rings. The highest BCUT2D eigenvalue weighted by Crippen LogP contribution is 2.36. The number of ether oxygens (including phenoxy) is 1. The number of hydrogen-bond acceptors (Lipinski definition) is 3. The van der Waals surface area contributed by atoms with E-state index in [2.05, 4.69) is 6.58 Å². The number of rotatable bonds is 4. The van der Waals surface area contributed by atoms with Gasteiger partial charge in [-0.2, -0.15) is 0 Å². The van der Waals surface area contributed by atoms with E-state index in [1.165, 1.54) is 7.11 Å². The fourth-order valence-electron chi connectivity index (χ4n) is 3.49. The van der Waals surface area contributed by atoms with Gasteiger partial charge in [-0.15, -0.1) is 6.58 Å². The van der Waals surface area contributed by atoms with Gasteiger partial charge in [-0.1, -0.05) is 6.08 Å². The van der Waals surface area contributed by atoms with Crippen molar-refractivity contribution in [2.45, 2.75) is 37.6 Å². The van der Waals surface area contributed by atoms with Gasteiger partial charge in [0.2, 0.25) is 11.8 Å². The SMILES string of the molecule is C=CCN1C(=O)CCCC12CCCN(C(=O)COC)C2. The molecule has 0 aromatic rings. The Morgan fingerprint density at radius 3 is 2.90 bits per heavy atom. The molecule has 2 heterocycles. The van der Waals surface area contributed by atoms with Gasteiger partial charge in [0.15, 0.2) is 0 Å². The zero-order chi connectivity index (χ0) is 14.6.